The number of ketones is 1. The zero-order valence-corrected chi connectivity index (χ0v) is 15.9. The van der Waals surface area contributed by atoms with Gasteiger partial charge in [-0.2, -0.15) is 0 Å². The molecule has 0 radical (unpaired) electrons. The number of allylic oxidation sites excluding steroid dienone is 1. The van der Waals surface area contributed by atoms with E-state index in [4.69, 9.17) is 0 Å². The third-order valence-corrected chi connectivity index (χ3v) is 6.41. The van der Waals surface area contributed by atoms with Crippen LogP contribution >= 0.6 is 7.92 Å². The Labute approximate surface area is 156 Å². The maximum atomic E-state index is 12.3. The van der Waals surface area contributed by atoms with Gasteiger partial charge in [0, 0.05) is 31.9 Å². The Bertz CT molecular complexity index is 832. The molecular weight excluding hydrogens is 337 g/mol. The van der Waals surface area contributed by atoms with Gasteiger partial charge in [-0.3, -0.25) is 4.79 Å². The summed E-state index contributed by atoms with van der Waals surface area (Å²) in [5, 5.41) is 3.85. The topological polar surface area (TPSA) is 20.3 Å². The zero-order valence-electron chi connectivity index (χ0n) is 15.0. The quantitative estimate of drug-likeness (QED) is 0.380. The van der Waals surface area contributed by atoms with E-state index >= 15 is 0 Å². The Balaban J connectivity index is 1.94. The van der Waals surface area contributed by atoms with Crippen LogP contribution in [-0.2, 0) is 0 Å². The molecule has 2 nitrogen and oxygen atoms in total. The fourth-order valence-corrected chi connectivity index (χ4v) is 4.97. The van der Waals surface area contributed by atoms with Crippen molar-refractivity contribution in [3.63, 3.8) is 0 Å². The summed E-state index contributed by atoms with van der Waals surface area (Å²) >= 11 is 0. The van der Waals surface area contributed by atoms with Crippen molar-refractivity contribution in [1.29, 1.82) is 0 Å². The van der Waals surface area contributed by atoms with E-state index in [1.807, 2.05) is 43.3 Å². The van der Waals surface area contributed by atoms with Crippen molar-refractivity contribution >= 4 is 29.6 Å². The minimum atomic E-state index is -0.633. The lowest BCUT2D eigenvalue weighted by molar-refractivity contribution is 0.104. The van der Waals surface area contributed by atoms with E-state index in [1.54, 1.807) is 12.3 Å². The number of carbonyl (C=O) groups excluding carboxylic acids is 1. The Morgan fingerprint density at radius 3 is 1.65 bits per heavy atom. The highest BCUT2D eigenvalue weighted by molar-refractivity contribution is 7.79. The van der Waals surface area contributed by atoms with Crippen molar-refractivity contribution in [2.75, 3.05) is 14.1 Å². The van der Waals surface area contributed by atoms with Crippen LogP contribution in [0.1, 0.15) is 10.4 Å². The summed E-state index contributed by atoms with van der Waals surface area (Å²) in [4.78, 5) is 14.1. The van der Waals surface area contributed by atoms with Crippen molar-refractivity contribution in [3.05, 3.63) is 103 Å². The largest absolute Gasteiger partial charge is 0.383 e. The maximum Gasteiger partial charge on any atom is 0.187 e. The molecule has 0 N–H and O–H groups in total. The molecule has 0 saturated heterocycles. The number of benzene rings is 3. The average molecular weight is 359 g/mol. The van der Waals surface area contributed by atoms with Gasteiger partial charge < -0.3 is 4.90 Å². The number of hydrogen-bond donors (Lipinski definition) is 0. The van der Waals surface area contributed by atoms with Crippen molar-refractivity contribution in [1.82, 2.24) is 4.90 Å². The van der Waals surface area contributed by atoms with Crippen LogP contribution in [0.15, 0.2) is 97.2 Å². The van der Waals surface area contributed by atoms with Crippen LogP contribution in [0.4, 0.5) is 0 Å². The van der Waals surface area contributed by atoms with E-state index in [0.717, 1.165) is 0 Å². The third kappa shape index (κ3) is 4.47. The van der Waals surface area contributed by atoms with Gasteiger partial charge in [0.2, 0.25) is 0 Å². The highest BCUT2D eigenvalue weighted by Gasteiger charge is 2.16. The van der Waals surface area contributed by atoms with Gasteiger partial charge in [-0.05, 0) is 23.8 Å². The highest BCUT2D eigenvalue weighted by Crippen LogP contribution is 2.32. The smallest absolute Gasteiger partial charge is 0.187 e. The van der Waals surface area contributed by atoms with Crippen molar-refractivity contribution in [2.45, 2.75) is 0 Å². The lowest BCUT2D eigenvalue weighted by atomic mass is 10.1. The highest BCUT2D eigenvalue weighted by atomic mass is 31.1. The first-order chi connectivity index (χ1) is 12.6. The van der Waals surface area contributed by atoms with Crippen molar-refractivity contribution in [3.8, 4) is 0 Å². The van der Waals surface area contributed by atoms with Crippen LogP contribution in [0.5, 0.6) is 0 Å². The summed E-state index contributed by atoms with van der Waals surface area (Å²) in [5.41, 5.74) is 0.711. The first kappa shape index (κ1) is 18.1. The lowest BCUT2D eigenvalue weighted by Crippen LogP contribution is -2.20. The molecule has 0 fully saturated rings. The average Bonchev–Trinajstić information content (AvgIpc) is 2.68. The number of nitrogens with zero attached hydrogens (tertiary/aromatic N) is 1. The molecule has 3 aromatic rings. The second-order valence-electron chi connectivity index (χ2n) is 6.20. The van der Waals surface area contributed by atoms with Crippen LogP contribution in [-0.4, -0.2) is 24.8 Å². The molecule has 3 aromatic carbocycles. The summed E-state index contributed by atoms with van der Waals surface area (Å²) in [5.74, 6) is 0.0222. The lowest BCUT2D eigenvalue weighted by Gasteiger charge is -2.19. The van der Waals surface area contributed by atoms with Crippen LogP contribution in [0.25, 0.3) is 0 Å². The van der Waals surface area contributed by atoms with Gasteiger partial charge in [0.15, 0.2) is 5.78 Å². The van der Waals surface area contributed by atoms with Gasteiger partial charge in [-0.15, -0.1) is 0 Å². The van der Waals surface area contributed by atoms with Gasteiger partial charge in [0.25, 0.3) is 0 Å². The molecule has 0 heterocycles. The predicted molar refractivity (Wildman–Crippen MR) is 112 cm³/mol. The fraction of sp³-hybridized carbons (Fsp3) is 0.0870. The normalized spacial score (nSPS) is 11.0. The molecule has 3 rings (SSSR count). The molecule has 0 spiro atoms. The fourth-order valence-electron chi connectivity index (χ4n) is 2.69. The summed E-state index contributed by atoms with van der Waals surface area (Å²) in [6.45, 7) is 0. The Morgan fingerprint density at radius 1 is 0.731 bits per heavy atom. The Hall–Kier alpha value is -2.70. The van der Waals surface area contributed by atoms with Crippen molar-refractivity contribution in [2.24, 2.45) is 0 Å². The molecular formula is C23H22NOP. The minimum Gasteiger partial charge on any atom is -0.383 e. The van der Waals surface area contributed by atoms with Gasteiger partial charge in [-0.25, -0.2) is 0 Å². The number of rotatable bonds is 6. The summed E-state index contributed by atoms with van der Waals surface area (Å²) in [6.07, 6.45) is 3.38. The molecule has 0 aliphatic rings. The van der Waals surface area contributed by atoms with Gasteiger partial charge in [0.05, 0.1) is 0 Å². The Kier molecular flexibility index (Phi) is 5.99. The molecule has 0 aliphatic heterocycles. The van der Waals surface area contributed by atoms with E-state index in [1.165, 1.54) is 15.9 Å². The van der Waals surface area contributed by atoms with Crippen LogP contribution in [0, 0.1) is 0 Å². The second-order valence-corrected chi connectivity index (χ2v) is 8.42. The monoisotopic (exact) mass is 359 g/mol. The first-order valence-corrected chi connectivity index (χ1v) is 9.88. The van der Waals surface area contributed by atoms with Crippen LogP contribution in [0.3, 0.4) is 0 Å². The van der Waals surface area contributed by atoms with Gasteiger partial charge >= 0.3 is 0 Å². The molecule has 3 heteroatoms. The second kappa shape index (κ2) is 8.60. The van der Waals surface area contributed by atoms with Crippen molar-refractivity contribution < 1.29 is 4.79 Å². The standard InChI is InChI=1S/C23H22NOP/c1-24(2)18-17-23(25)19-13-15-22(16-14-19)26(20-9-5-3-6-10-20)21-11-7-4-8-12-21/h3-18H,1-2H3/b18-17+. The van der Waals surface area contributed by atoms with Gasteiger partial charge in [0.1, 0.15) is 0 Å². The molecule has 0 aromatic heterocycles. The summed E-state index contributed by atoms with van der Waals surface area (Å²) in [6, 6.07) is 29.2. The minimum absolute atomic E-state index is 0.0222. The SMILES string of the molecule is CN(C)/C=C/C(=O)c1ccc(P(c2ccccc2)c2ccccc2)cc1. The van der Waals surface area contributed by atoms with E-state index < -0.39 is 7.92 Å². The predicted octanol–water partition coefficient (Wildman–Crippen LogP) is 3.70. The molecule has 26 heavy (non-hydrogen) atoms. The molecule has 0 atom stereocenters. The molecule has 0 bridgehead atoms. The number of carbonyl (C=O) groups is 1. The maximum absolute atomic E-state index is 12.3. The van der Waals surface area contributed by atoms with E-state index in [-0.39, 0.29) is 5.78 Å². The van der Waals surface area contributed by atoms with E-state index in [0.29, 0.717) is 5.56 Å². The van der Waals surface area contributed by atoms with Gasteiger partial charge in [-0.1, -0.05) is 84.9 Å². The summed E-state index contributed by atoms with van der Waals surface area (Å²) < 4.78 is 0. The third-order valence-electron chi connectivity index (χ3n) is 3.96. The van der Waals surface area contributed by atoms with Crippen LogP contribution in [0.2, 0.25) is 0 Å². The molecule has 0 saturated carbocycles. The Morgan fingerprint density at radius 2 is 1.19 bits per heavy atom. The summed E-state index contributed by atoms with van der Waals surface area (Å²) in [7, 11) is 3.17. The molecule has 130 valence electrons. The molecule has 0 amide bonds. The van der Waals surface area contributed by atoms with E-state index in [9.17, 15) is 4.79 Å². The van der Waals surface area contributed by atoms with E-state index in [2.05, 4.69) is 60.7 Å². The number of hydrogen-bond acceptors (Lipinski definition) is 2. The first-order valence-electron chi connectivity index (χ1n) is 8.54. The zero-order chi connectivity index (χ0) is 18.4. The molecule has 0 aliphatic carbocycles. The van der Waals surface area contributed by atoms with Crippen LogP contribution < -0.4 is 15.9 Å². The molecule has 0 unspecified atom stereocenters.